The molecule has 3 aromatic rings. The van der Waals surface area contributed by atoms with Crippen LogP contribution < -0.4 is 10.6 Å². The van der Waals surface area contributed by atoms with Gasteiger partial charge in [0.15, 0.2) is 0 Å². The molecule has 0 radical (unpaired) electrons. The Labute approximate surface area is 145 Å². The van der Waals surface area contributed by atoms with E-state index >= 15 is 0 Å². The lowest BCUT2D eigenvalue weighted by atomic mass is 10.1. The molecule has 122 valence electrons. The van der Waals surface area contributed by atoms with Gasteiger partial charge in [-0.05, 0) is 56.2 Å². The second kappa shape index (κ2) is 6.84. The van der Waals surface area contributed by atoms with Gasteiger partial charge in [-0.3, -0.25) is 0 Å². The first-order valence-corrected chi connectivity index (χ1v) is 8.56. The van der Waals surface area contributed by atoms with E-state index in [0.717, 1.165) is 38.8 Å². The highest BCUT2D eigenvalue weighted by Gasteiger charge is 2.05. The van der Waals surface area contributed by atoms with E-state index in [-0.39, 0.29) is 6.03 Å². The number of amides is 2. The molecule has 2 aromatic carbocycles. The van der Waals surface area contributed by atoms with Crippen LogP contribution in [0.25, 0.3) is 11.3 Å². The summed E-state index contributed by atoms with van der Waals surface area (Å²) in [6, 6.07) is 13.4. The molecule has 0 aliphatic carbocycles. The summed E-state index contributed by atoms with van der Waals surface area (Å²) in [4.78, 5) is 16.6. The predicted octanol–water partition coefficient (Wildman–Crippen LogP) is 5.38. The second-order valence-corrected chi connectivity index (χ2v) is 6.85. The average molecular weight is 337 g/mol. The molecule has 0 spiro atoms. The molecule has 24 heavy (non-hydrogen) atoms. The number of benzene rings is 2. The summed E-state index contributed by atoms with van der Waals surface area (Å²) >= 11 is 1.63. The smallest absolute Gasteiger partial charge is 0.308 e. The zero-order valence-corrected chi connectivity index (χ0v) is 14.7. The molecule has 3 rings (SSSR count). The van der Waals surface area contributed by atoms with E-state index in [1.54, 1.807) is 11.3 Å². The molecule has 0 unspecified atom stereocenters. The molecule has 5 heteroatoms. The van der Waals surface area contributed by atoms with Crippen LogP contribution in [0.2, 0.25) is 0 Å². The standard InChI is InChI=1S/C19H19N3OS/c1-12-8-13(2)10-17(9-12)22-19(23)21-16-6-4-15(5-7-16)18-11-24-14(3)20-18/h4-11H,1-3H3,(H2,21,22,23). The third kappa shape index (κ3) is 4.00. The van der Waals surface area contributed by atoms with Gasteiger partial charge in [-0.15, -0.1) is 11.3 Å². The SMILES string of the molecule is Cc1cc(C)cc(NC(=O)Nc2ccc(-c3csc(C)n3)cc2)c1. The summed E-state index contributed by atoms with van der Waals surface area (Å²) in [5, 5.41) is 8.78. The summed E-state index contributed by atoms with van der Waals surface area (Å²) in [6.45, 7) is 6.01. The van der Waals surface area contributed by atoms with Gasteiger partial charge in [-0.2, -0.15) is 0 Å². The van der Waals surface area contributed by atoms with E-state index in [1.807, 2.05) is 62.5 Å². The number of carbonyl (C=O) groups is 1. The molecule has 2 N–H and O–H groups in total. The average Bonchev–Trinajstić information content (AvgIpc) is 2.93. The summed E-state index contributed by atoms with van der Waals surface area (Å²) in [6.07, 6.45) is 0. The van der Waals surface area contributed by atoms with Gasteiger partial charge in [-0.25, -0.2) is 9.78 Å². The molecule has 0 aliphatic heterocycles. The van der Waals surface area contributed by atoms with E-state index in [2.05, 4.69) is 21.7 Å². The lowest BCUT2D eigenvalue weighted by Gasteiger charge is -2.09. The van der Waals surface area contributed by atoms with Gasteiger partial charge >= 0.3 is 6.03 Å². The van der Waals surface area contributed by atoms with Crippen LogP contribution in [0.5, 0.6) is 0 Å². The molecule has 2 amide bonds. The maximum atomic E-state index is 12.1. The number of aromatic nitrogens is 1. The quantitative estimate of drug-likeness (QED) is 0.674. The van der Waals surface area contributed by atoms with Crippen LogP contribution in [0.1, 0.15) is 16.1 Å². The van der Waals surface area contributed by atoms with Crippen molar-refractivity contribution in [3.8, 4) is 11.3 Å². The molecule has 1 heterocycles. The van der Waals surface area contributed by atoms with Gasteiger partial charge in [-0.1, -0.05) is 18.2 Å². The minimum absolute atomic E-state index is 0.253. The third-order valence-electron chi connectivity index (χ3n) is 3.54. The summed E-state index contributed by atoms with van der Waals surface area (Å²) in [7, 11) is 0. The highest BCUT2D eigenvalue weighted by Crippen LogP contribution is 2.23. The first kappa shape index (κ1) is 16.2. The number of aryl methyl sites for hydroxylation is 3. The third-order valence-corrected chi connectivity index (χ3v) is 4.31. The molecule has 4 nitrogen and oxygen atoms in total. The zero-order valence-electron chi connectivity index (χ0n) is 13.9. The fourth-order valence-corrected chi connectivity index (χ4v) is 3.18. The number of hydrogen-bond acceptors (Lipinski definition) is 3. The van der Waals surface area contributed by atoms with Gasteiger partial charge in [0.25, 0.3) is 0 Å². The van der Waals surface area contributed by atoms with Crippen LogP contribution in [0, 0.1) is 20.8 Å². The maximum Gasteiger partial charge on any atom is 0.323 e. The first-order chi connectivity index (χ1) is 11.5. The number of carbonyl (C=O) groups excluding carboxylic acids is 1. The minimum Gasteiger partial charge on any atom is -0.308 e. The van der Waals surface area contributed by atoms with Crippen molar-refractivity contribution in [2.75, 3.05) is 10.6 Å². The molecule has 0 aliphatic rings. The topological polar surface area (TPSA) is 54.0 Å². The van der Waals surface area contributed by atoms with Crippen molar-refractivity contribution in [3.05, 3.63) is 64.0 Å². The van der Waals surface area contributed by atoms with Crippen LogP contribution in [0.4, 0.5) is 16.2 Å². The van der Waals surface area contributed by atoms with Gasteiger partial charge in [0.05, 0.1) is 10.7 Å². The molecule has 0 saturated heterocycles. The Morgan fingerprint density at radius 1 is 0.917 bits per heavy atom. The summed E-state index contributed by atoms with van der Waals surface area (Å²) < 4.78 is 0. The van der Waals surface area contributed by atoms with Crippen molar-refractivity contribution in [3.63, 3.8) is 0 Å². The predicted molar refractivity (Wildman–Crippen MR) is 101 cm³/mol. The van der Waals surface area contributed by atoms with Gasteiger partial charge in [0.2, 0.25) is 0 Å². The van der Waals surface area contributed by atoms with Crippen molar-refractivity contribution >= 4 is 28.7 Å². The molecule has 0 fully saturated rings. The van der Waals surface area contributed by atoms with Crippen molar-refractivity contribution < 1.29 is 4.79 Å². The lowest BCUT2D eigenvalue weighted by Crippen LogP contribution is -2.19. The van der Waals surface area contributed by atoms with Crippen LogP contribution in [0.15, 0.2) is 47.8 Å². The fourth-order valence-electron chi connectivity index (χ4n) is 2.56. The Morgan fingerprint density at radius 3 is 2.12 bits per heavy atom. The fraction of sp³-hybridized carbons (Fsp3) is 0.158. The normalized spacial score (nSPS) is 10.5. The molecule has 0 saturated carbocycles. The van der Waals surface area contributed by atoms with Crippen LogP contribution in [-0.4, -0.2) is 11.0 Å². The lowest BCUT2D eigenvalue weighted by molar-refractivity contribution is 0.262. The highest BCUT2D eigenvalue weighted by atomic mass is 32.1. The van der Waals surface area contributed by atoms with Crippen molar-refractivity contribution in [2.45, 2.75) is 20.8 Å². The largest absolute Gasteiger partial charge is 0.323 e. The Bertz CT molecular complexity index is 848. The second-order valence-electron chi connectivity index (χ2n) is 5.78. The van der Waals surface area contributed by atoms with Crippen molar-refractivity contribution in [2.24, 2.45) is 0 Å². The van der Waals surface area contributed by atoms with Gasteiger partial charge in [0, 0.05) is 22.3 Å². The van der Waals surface area contributed by atoms with Crippen LogP contribution >= 0.6 is 11.3 Å². The van der Waals surface area contributed by atoms with Crippen LogP contribution in [0.3, 0.4) is 0 Å². The van der Waals surface area contributed by atoms with Crippen LogP contribution in [-0.2, 0) is 0 Å². The van der Waals surface area contributed by atoms with Crippen molar-refractivity contribution in [1.82, 2.24) is 4.98 Å². The summed E-state index contributed by atoms with van der Waals surface area (Å²) in [5.41, 5.74) is 5.77. The Balaban J connectivity index is 1.66. The Kier molecular flexibility index (Phi) is 4.62. The van der Waals surface area contributed by atoms with E-state index in [1.165, 1.54) is 0 Å². The van der Waals surface area contributed by atoms with E-state index < -0.39 is 0 Å². The van der Waals surface area contributed by atoms with Crippen molar-refractivity contribution in [1.29, 1.82) is 0 Å². The van der Waals surface area contributed by atoms with E-state index in [4.69, 9.17) is 0 Å². The molecule has 0 atom stereocenters. The number of nitrogens with zero attached hydrogens (tertiary/aromatic N) is 1. The number of hydrogen-bond donors (Lipinski definition) is 2. The van der Waals surface area contributed by atoms with Gasteiger partial charge < -0.3 is 10.6 Å². The molecule has 1 aromatic heterocycles. The zero-order chi connectivity index (χ0) is 17.1. The number of urea groups is 1. The Morgan fingerprint density at radius 2 is 1.54 bits per heavy atom. The highest BCUT2D eigenvalue weighted by molar-refractivity contribution is 7.09. The number of anilines is 2. The van der Waals surface area contributed by atoms with Gasteiger partial charge in [0.1, 0.15) is 0 Å². The van der Waals surface area contributed by atoms with E-state index in [0.29, 0.717) is 0 Å². The minimum atomic E-state index is -0.253. The summed E-state index contributed by atoms with van der Waals surface area (Å²) in [5.74, 6) is 0. The number of rotatable bonds is 3. The Hall–Kier alpha value is -2.66. The first-order valence-electron chi connectivity index (χ1n) is 7.68. The number of thiazole rings is 1. The molecule has 0 bridgehead atoms. The molecular weight excluding hydrogens is 318 g/mol. The molecular formula is C19H19N3OS. The maximum absolute atomic E-state index is 12.1. The monoisotopic (exact) mass is 337 g/mol. The number of nitrogens with one attached hydrogen (secondary N) is 2. The van der Waals surface area contributed by atoms with E-state index in [9.17, 15) is 4.79 Å².